The zero-order valence-corrected chi connectivity index (χ0v) is 18.9. The van der Waals surface area contributed by atoms with Gasteiger partial charge in [0.05, 0.1) is 28.0 Å². The fourth-order valence-electron chi connectivity index (χ4n) is 4.14. The molecule has 1 aliphatic carbocycles. The standard InChI is InChI=1S/C27H19N3O3S/c28-15-18-6-1-3-9-22(18)29-24(31)16-33-27(32)25-20-8-2-4-10-23(20)30-26-17(11-12-21(25)26)14-19-7-5-13-34-19/h1-10,13-14H,11-12,16H2,(H,29,31)/b17-14+. The van der Waals surface area contributed by atoms with E-state index in [1.54, 1.807) is 35.6 Å². The first-order chi connectivity index (χ1) is 16.6. The summed E-state index contributed by atoms with van der Waals surface area (Å²) in [4.78, 5) is 31.6. The van der Waals surface area contributed by atoms with Crippen LogP contribution in [0.4, 0.5) is 5.69 Å². The Balaban J connectivity index is 1.43. The quantitative estimate of drug-likeness (QED) is 0.396. The van der Waals surface area contributed by atoms with E-state index in [2.05, 4.69) is 17.5 Å². The number of nitrogens with one attached hydrogen (secondary N) is 1. The number of carbonyl (C=O) groups is 2. The van der Waals surface area contributed by atoms with E-state index in [-0.39, 0.29) is 0 Å². The molecule has 0 saturated carbocycles. The first-order valence-electron chi connectivity index (χ1n) is 10.8. The number of rotatable bonds is 5. The minimum Gasteiger partial charge on any atom is -0.452 e. The van der Waals surface area contributed by atoms with Gasteiger partial charge < -0.3 is 10.1 Å². The molecular weight excluding hydrogens is 446 g/mol. The van der Waals surface area contributed by atoms with Crippen molar-refractivity contribution in [3.05, 3.63) is 93.3 Å². The Labute approximate surface area is 200 Å². The molecule has 5 rings (SSSR count). The number of carbonyl (C=O) groups excluding carboxylic acids is 2. The number of esters is 1. The van der Waals surface area contributed by atoms with Gasteiger partial charge in [0.2, 0.25) is 0 Å². The van der Waals surface area contributed by atoms with E-state index in [1.165, 1.54) is 0 Å². The highest BCUT2D eigenvalue weighted by atomic mass is 32.1. The van der Waals surface area contributed by atoms with E-state index >= 15 is 0 Å². The number of allylic oxidation sites excluding steroid dienone is 1. The van der Waals surface area contributed by atoms with Crippen LogP contribution in [0.3, 0.4) is 0 Å². The molecular formula is C27H19N3O3S. The molecule has 0 atom stereocenters. The highest BCUT2D eigenvalue weighted by molar-refractivity contribution is 7.10. The third-order valence-electron chi connectivity index (χ3n) is 5.66. The van der Waals surface area contributed by atoms with Crippen LogP contribution in [0.5, 0.6) is 0 Å². The van der Waals surface area contributed by atoms with Crippen LogP contribution in [0, 0.1) is 11.3 Å². The Morgan fingerprint density at radius 1 is 1.09 bits per heavy atom. The van der Waals surface area contributed by atoms with Crippen LogP contribution in [0.1, 0.15) is 38.5 Å². The van der Waals surface area contributed by atoms with Crippen LogP contribution < -0.4 is 5.32 Å². The molecule has 0 radical (unpaired) electrons. The lowest BCUT2D eigenvalue weighted by atomic mass is 10.0. The van der Waals surface area contributed by atoms with Gasteiger partial charge in [0.1, 0.15) is 6.07 Å². The van der Waals surface area contributed by atoms with E-state index < -0.39 is 18.5 Å². The van der Waals surface area contributed by atoms with Crippen LogP contribution in [-0.4, -0.2) is 23.5 Å². The largest absolute Gasteiger partial charge is 0.452 e. The maximum atomic E-state index is 13.2. The van der Waals surface area contributed by atoms with Crippen LogP contribution >= 0.6 is 11.3 Å². The number of fused-ring (bicyclic) bond motifs is 2. The smallest absolute Gasteiger partial charge is 0.339 e. The highest BCUT2D eigenvalue weighted by Gasteiger charge is 2.28. The van der Waals surface area contributed by atoms with Gasteiger partial charge in [-0.1, -0.05) is 36.4 Å². The van der Waals surface area contributed by atoms with Crippen molar-refractivity contribution in [3.8, 4) is 6.07 Å². The topological polar surface area (TPSA) is 92.1 Å². The SMILES string of the molecule is N#Cc1ccccc1NC(=O)COC(=O)c1c2c(nc3ccccc13)/C(=C/c1cccs1)CC2. The molecule has 34 heavy (non-hydrogen) atoms. The van der Waals surface area contributed by atoms with Crippen molar-refractivity contribution in [3.63, 3.8) is 0 Å². The van der Waals surface area contributed by atoms with Gasteiger partial charge in [0.25, 0.3) is 5.91 Å². The maximum Gasteiger partial charge on any atom is 0.339 e. The zero-order chi connectivity index (χ0) is 23.5. The first-order valence-corrected chi connectivity index (χ1v) is 11.6. The molecule has 1 amide bonds. The lowest BCUT2D eigenvalue weighted by Gasteiger charge is -2.12. The van der Waals surface area contributed by atoms with Crippen molar-refractivity contribution in [1.29, 1.82) is 5.26 Å². The van der Waals surface area contributed by atoms with Gasteiger partial charge in [0, 0.05) is 10.3 Å². The number of hydrogen-bond acceptors (Lipinski definition) is 6. The summed E-state index contributed by atoms with van der Waals surface area (Å²) < 4.78 is 5.43. The number of para-hydroxylation sites is 2. The Morgan fingerprint density at radius 2 is 1.91 bits per heavy atom. The summed E-state index contributed by atoms with van der Waals surface area (Å²) >= 11 is 1.65. The van der Waals surface area contributed by atoms with E-state index in [0.29, 0.717) is 34.1 Å². The number of nitrogens with zero attached hydrogens (tertiary/aromatic N) is 2. The fourth-order valence-corrected chi connectivity index (χ4v) is 4.82. The van der Waals surface area contributed by atoms with E-state index in [1.807, 2.05) is 41.8 Å². The minimum absolute atomic E-state index is 0.338. The third-order valence-corrected chi connectivity index (χ3v) is 6.48. The minimum atomic E-state index is -0.559. The lowest BCUT2D eigenvalue weighted by Crippen LogP contribution is -2.22. The number of amides is 1. The molecule has 7 heteroatoms. The van der Waals surface area contributed by atoms with Crippen molar-refractivity contribution < 1.29 is 14.3 Å². The van der Waals surface area contributed by atoms with Crippen molar-refractivity contribution >= 4 is 51.5 Å². The molecule has 2 aromatic heterocycles. The van der Waals surface area contributed by atoms with Gasteiger partial charge in [-0.15, -0.1) is 11.3 Å². The van der Waals surface area contributed by atoms with Gasteiger partial charge in [-0.05, 0) is 59.7 Å². The predicted molar refractivity (Wildman–Crippen MR) is 132 cm³/mol. The molecule has 2 heterocycles. The molecule has 0 saturated heterocycles. The van der Waals surface area contributed by atoms with Crippen LogP contribution in [-0.2, 0) is 16.0 Å². The number of ether oxygens (including phenoxy) is 1. The molecule has 6 nitrogen and oxygen atoms in total. The molecule has 0 aliphatic heterocycles. The van der Waals surface area contributed by atoms with Gasteiger partial charge in [-0.25, -0.2) is 9.78 Å². The van der Waals surface area contributed by atoms with Crippen LogP contribution in [0.15, 0.2) is 66.0 Å². The second-order valence-corrected chi connectivity index (χ2v) is 8.78. The van der Waals surface area contributed by atoms with Crippen LogP contribution in [0.25, 0.3) is 22.6 Å². The molecule has 0 unspecified atom stereocenters. The second-order valence-electron chi connectivity index (χ2n) is 7.80. The van der Waals surface area contributed by atoms with Gasteiger partial charge in [-0.2, -0.15) is 5.26 Å². The number of thiophene rings is 1. The Hall–Kier alpha value is -4.28. The summed E-state index contributed by atoms with van der Waals surface area (Å²) in [6, 6.07) is 20.2. The Bertz CT molecular complexity index is 1480. The van der Waals surface area contributed by atoms with Crippen molar-refractivity contribution in [1.82, 2.24) is 4.98 Å². The number of benzene rings is 2. The molecule has 0 spiro atoms. The highest BCUT2D eigenvalue weighted by Crippen LogP contribution is 2.38. The van der Waals surface area contributed by atoms with Crippen molar-refractivity contribution in [2.45, 2.75) is 12.8 Å². The number of anilines is 1. The Morgan fingerprint density at radius 3 is 2.74 bits per heavy atom. The predicted octanol–water partition coefficient (Wildman–Crippen LogP) is 5.45. The van der Waals surface area contributed by atoms with Crippen LogP contribution in [0.2, 0.25) is 0 Å². The second kappa shape index (κ2) is 9.30. The average molecular weight is 466 g/mol. The Kier molecular flexibility index (Phi) is 5.90. The number of pyridine rings is 1. The van der Waals surface area contributed by atoms with E-state index in [0.717, 1.165) is 28.1 Å². The molecule has 1 aliphatic rings. The molecule has 0 bridgehead atoms. The van der Waals surface area contributed by atoms with Gasteiger partial charge >= 0.3 is 5.97 Å². The summed E-state index contributed by atoms with van der Waals surface area (Å²) in [6.07, 6.45) is 3.58. The monoisotopic (exact) mass is 465 g/mol. The van der Waals surface area contributed by atoms with Gasteiger partial charge in [-0.3, -0.25) is 4.79 Å². The number of aromatic nitrogens is 1. The van der Waals surface area contributed by atoms with Gasteiger partial charge in [0.15, 0.2) is 6.61 Å². The zero-order valence-electron chi connectivity index (χ0n) is 18.1. The normalized spacial score (nSPS) is 13.4. The van der Waals surface area contributed by atoms with E-state index in [4.69, 9.17) is 9.72 Å². The summed E-state index contributed by atoms with van der Waals surface area (Å²) in [7, 11) is 0. The molecule has 2 aromatic carbocycles. The lowest BCUT2D eigenvalue weighted by molar-refractivity contribution is -0.119. The summed E-state index contributed by atoms with van der Waals surface area (Å²) in [5.74, 6) is -1.07. The fraction of sp³-hybridized carbons (Fsp3) is 0.111. The van der Waals surface area contributed by atoms with Crippen molar-refractivity contribution in [2.24, 2.45) is 0 Å². The average Bonchev–Trinajstić information content (AvgIpc) is 3.52. The maximum absolute atomic E-state index is 13.2. The van der Waals surface area contributed by atoms with Crippen molar-refractivity contribution in [2.75, 3.05) is 11.9 Å². The summed E-state index contributed by atoms with van der Waals surface area (Å²) in [6.45, 7) is -0.456. The molecule has 0 fully saturated rings. The molecule has 1 N–H and O–H groups in total. The number of hydrogen-bond donors (Lipinski definition) is 1. The summed E-state index contributed by atoms with van der Waals surface area (Å²) in [5, 5.41) is 14.6. The first kappa shape index (κ1) is 21.6. The van der Waals surface area contributed by atoms with E-state index in [9.17, 15) is 14.9 Å². The summed E-state index contributed by atoms with van der Waals surface area (Å²) in [5.41, 5.74) is 4.63. The number of nitriles is 1. The third kappa shape index (κ3) is 4.19. The molecule has 4 aromatic rings. The molecule has 166 valence electrons.